The molecule has 0 amide bonds. The van der Waals surface area contributed by atoms with Crippen molar-refractivity contribution in [3.63, 3.8) is 0 Å². The minimum atomic E-state index is -4.65. The van der Waals surface area contributed by atoms with Crippen molar-refractivity contribution in [1.82, 2.24) is 0 Å². The molecule has 0 aliphatic carbocycles. The van der Waals surface area contributed by atoms with Crippen molar-refractivity contribution in [1.29, 1.82) is 0 Å². The number of unbranched alkanes of at least 4 members (excludes halogenated alkanes) is 24. The zero-order valence-electron chi connectivity index (χ0n) is 52.0. The molecule has 0 saturated heterocycles. The van der Waals surface area contributed by atoms with Crippen molar-refractivity contribution >= 4 is 19.8 Å². The van der Waals surface area contributed by atoms with Gasteiger partial charge in [-0.3, -0.25) is 14.2 Å². The molecule has 0 radical (unpaired) electrons. The molecule has 2 atom stereocenters. The van der Waals surface area contributed by atoms with E-state index in [1.165, 1.54) is 103 Å². The van der Waals surface area contributed by atoms with E-state index in [0.717, 1.165) is 122 Å². The van der Waals surface area contributed by atoms with Crippen LogP contribution in [0.25, 0.3) is 0 Å². The van der Waals surface area contributed by atoms with Crippen molar-refractivity contribution in [2.24, 2.45) is 0 Å². The van der Waals surface area contributed by atoms with Gasteiger partial charge in [-0.2, -0.15) is 0 Å². The van der Waals surface area contributed by atoms with Crippen LogP contribution in [0.1, 0.15) is 258 Å². The van der Waals surface area contributed by atoms with Gasteiger partial charge in [-0.05, 0) is 103 Å². The van der Waals surface area contributed by atoms with Crippen LogP contribution in [0.5, 0.6) is 0 Å². The number of rotatable bonds is 58. The lowest BCUT2D eigenvalue weighted by atomic mass is 10.0. The quantitative estimate of drug-likeness (QED) is 0.0195. The average molecular weight is 1130 g/mol. The van der Waals surface area contributed by atoms with Crippen LogP contribution >= 0.6 is 7.82 Å². The lowest BCUT2D eigenvalue weighted by Crippen LogP contribution is -2.37. The third-order valence-corrected chi connectivity index (χ3v) is 14.4. The maximum atomic E-state index is 12.8. The maximum Gasteiger partial charge on any atom is 0.306 e. The summed E-state index contributed by atoms with van der Waals surface area (Å²) in [5, 5.41) is 0. The Bertz CT molecular complexity index is 1760. The van der Waals surface area contributed by atoms with Gasteiger partial charge >= 0.3 is 11.9 Å². The molecule has 0 aromatic heterocycles. The second kappa shape index (κ2) is 60.0. The van der Waals surface area contributed by atoms with Gasteiger partial charge in [0.25, 0.3) is 7.82 Å². The Morgan fingerprint density at radius 3 is 1.00 bits per heavy atom. The van der Waals surface area contributed by atoms with Gasteiger partial charge < -0.3 is 27.9 Å². The number of phosphoric ester groups is 1. The molecule has 0 aromatic rings. The molecule has 0 heterocycles. The Balaban J connectivity index is 4.12. The fraction of sp³-hybridized carbons (Fsp3) is 0.686. The van der Waals surface area contributed by atoms with Crippen LogP contribution < -0.4 is 4.89 Å². The van der Waals surface area contributed by atoms with E-state index >= 15 is 0 Å². The highest BCUT2D eigenvalue weighted by molar-refractivity contribution is 7.45. The van der Waals surface area contributed by atoms with Gasteiger partial charge in [0, 0.05) is 12.8 Å². The molecule has 10 heteroatoms. The van der Waals surface area contributed by atoms with E-state index in [0.29, 0.717) is 17.4 Å². The van der Waals surface area contributed by atoms with Crippen molar-refractivity contribution in [2.75, 3.05) is 47.5 Å². The summed E-state index contributed by atoms with van der Waals surface area (Å²) >= 11 is 0. The van der Waals surface area contributed by atoms with E-state index in [9.17, 15) is 19.0 Å². The lowest BCUT2D eigenvalue weighted by Gasteiger charge is -2.28. The molecule has 0 saturated carbocycles. The predicted octanol–water partition coefficient (Wildman–Crippen LogP) is 20.1. The summed E-state index contributed by atoms with van der Waals surface area (Å²) in [7, 11) is 1.15. The number of carbonyl (C=O) groups is 2. The first-order valence-corrected chi connectivity index (χ1v) is 33.7. The molecule has 0 aliphatic rings. The highest BCUT2D eigenvalue weighted by Gasteiger charge is 2.22. The van der Waals surface area contributed by atoms with Gasteiger partial charge in [-0.1, -0.05) is 264 Å². The second-order valence-corrected chi connectivity index (χ2v) is 23.8. The Morgan fingerprint density at radius 2 is 0.675 bits per heavy atom. The van der Waals surface area contributed by atoms with Gasteiger partial charge in [0.05, 0.1) is 27.7 Å². The van der Waals surface area contributed by atoms with Crippen LogP contribution in [-0.4, -0.2) is 70.0 Å². The molecule has 0 spiro atoms. The summed E-state index contributed by atoms with van der Waals surface area (Å²) in [6.45, 7) is 4.00. The zero-order chi connectivity index (χ0) is 58.4. The van der Waals surface area contributed by atoms with Crippen LogP contribution in [0.3, 0.4) is 0 Å². The molecule has 80 heavy (non-hydrogen) atoms. The number of allylic oxidation sites excluding steroid dienone is 20. The first-order chi connectivity index (χ1) is 39.0. The predicted molar refractivity (Wildman–Crippen MR) is 341 cm³/mol. The summed E-state index contributed by atoms with van der Waals surface area (Å²) in [6.07, 6.45) is 85.4. The summed E-state index contributed by atoms with van der Waals surface area (Å²) in [6, 6.07) is 0. The summed E-state index contributed by atoms with van der Waals surface area (Å²) in [4.78, 5) is 38.0. The van der Waals surface area contributed by atoms with Gasteiger partial charge in [-0.15, -0.1) is 0 Å². The SMILES string of the molecule is CC/C=C\C/C=C\C/C=C\C/C=C\C/C=C\C/C=C\CCCCCCCCC(=O)OC(COC(=O)CCCCCCCCCCCCCCCCCCCC/C=C\C/C=C\C/C=C\C/C=C\CC)COP(=O)([O-])OCC[N+](C)(C)C. The molecule has 0 bridgehead atoms. The third kappa shape index (κ3) is 63.6. The van der Waals surface area contributed by atoms with E-state index in [1.54, 1.807) is 0 Å². The topological polar surface area (TPSA) is 111 Å². The first kappa shape index (κ1) is 76.4. The van der Waals surface area contributed by atoms with E-state index < -0.39 is 26.5 Å². The van der Waals surface area contributed by atoms with Gasteiger partial charge in [0.2, 0.25) is 0 Å². The van der Waals surface area contributed by atoms with Crippen molar-refractivity contribution in [3.05, 3.63) is 122 Å². The van der Waals surface area contributed by atoms with E-state index in [4.69, 9.17) is 18.5 Å². The fourth-order valence-corrected chi connectivity index (χ4v) is 9.32. The number of quaternary nitrogens is 1. The number of nitrogens with zero attached hydrogens (tertiary/aromatic N) is 1. The zero-order valence-corrected chi connectivity index (χ0v) is 52.9. The molecule has 0 aromatic carbocycles. The number of hydrogen-bond acceptors (Lipinski definition) is 8. The third-order valence-electron chi connectivity index (χ3n) is 13.5. The standard InChI is InChI=1S/C70H120NO8P/c1-6-8-10-12-14-16-18-20-22-24-26-28-30-32-33-34-35-36-37-39-40-42-44-46-48-50-52-54-56-58-60-62-69(72)76-66-68(67-78-80(74,75)77-65-64-71(3,4)5)79-70(73)63-61-59-57-55-53-51-49-47-45-43-41-38-31-29-27-25-23-21-19-17-15-13-11-9-7-2/h8-11,14-17,20-23,26-29,38,41,45,47,68H,6-7,12-13,18-19,24-25,30-37,39-40,42-44,46,48-67H2,1-5H3/b10-8-,11-9-,16-14-,17-15-,22-20-,23-21-,28-26-,29-27-,41-38-,47-45-. The average Bonchev–Trinajstić information content (AvgIpc) is 3.42. The summed E-state index contributed by atoms with van der Waals surface area (Å²) in [5.74, 6) is -0.851. The number of carbonyl (C=O) groups excluding carboxylic acids is 2. The molecule has 2 unspecified atom stereocenters. The summed E-state index contributed by atoms with van der Waals surface area (Å²) < 4.78 is 34.2. The first-order valence-electron chi connectivity index (χ1n) is 32.2. The van der Waals surface area contributed by atoms with Crippen LogP contribution in [-0.2, 0) is 32.7 Å². The van der Waals surface area contributed by atoms with Crippen LogP contribution in [0.15, 0.2) is 122 Å². The lowest BCUT2D eigenvalue weighted by molar-refractivity contribution is -0.870. The number of hydrogen-bond donors (Lipinski definition) is 0. The number of esters is 2. The number of likely N-dealkylation sites (N-methyl/N-ethyl adjacent to an activating group) is 1. The van der Waals surface area contributed by atoms with E-state index in [2.05, 4.69) is 135 Å². The van der Waals surface area contributed by atoms with Gasteiger partial charge in [-0.25, -0.2) is 0 Å². The largest absolute Gasteiger partial charge is 0.756 e. The molecule has 9 nitrogen and oxygen atoms in total. The monoisotopic (exact) mass is 1130 g/mol. The van der Waals surface area contributed by atoms with E-state index in [1.807, 2.05) is 21.1 Å². The minimum absolute atomic E-state index is 0.0391. The number of ether oxygens (including phenoxy) is 2. The Kier molecular flexibility index (Phi) is 57.3. The molecule has 0 fully saturated rings. The van der Waals surface area contributed by atoms with Gasteiger partial charge in [0.1, 0.15) is 19.8 Å². The van der Waals surface area contributed by atoms with Crippen LogP contribution in [0.2, 0.25) is 0 Å². The molecular formula is C70H120NO8P. The number of phosphoric acid groups is 1. The maximum absolute atomic E-state index is 12.8. The Morgan fingerprint density at radius 1 is 0.388 bits per heavy atom. The normalized spacial score (nSPS) is 14.0. The van der Waals surface area contributed by atoms with Crippen molar-refractivity contribution in [2.45, 2.75) is 264 Å². The highest BCUT2D eigenvalue weighted by Crippen LogP contribution is 2.38. The van der Waals surface area contributed by atoms with E-state index in [-0.39, 0.29) is 32.0 Å². The molecule has 0 N–H and O–H groups in total. The second-order valence-electron chi connectivity index (χ2n) is 22.4. The Hall–Kier alpha value is -3.59. The Labute approximate surface area is 492 Å². The smallest absolute Gasteiger partial charge is 0.306 e. The summed E-state index contributed by atoms with van der Waals surface area (Å²) in [5.41, 5.74) is 0. The molecule has 0 rings (SSSR count). The van der Waals surface area contributed by atoms with Gasteiger partial charge in [0.15, 0.2) is 6.10 Å². The molecule has 0 aliphatic heterocycles. The molecular weight excluding hydrogens is 1010 g/mol. The van der Waals surface area contributed by atoms with Crippen LogP contribution in [0.4, 0.5) is 0 Å². The van der Waals surface area contributed by atoms with Crippen LogP contribution in [0, 0.1) is 0 Å². The van der Waals surface area contributed by atoms with Crippen molar-refractivity contribution < 1.29 is 42.1 Å². The highest BCUT2D eigenvalue weighted by atomic mass is 31.2. The fourth-order valence-electron chi connectivity index (χ4n) is 8.59. The van der Waals surface area contributed by atoms with Crippen molar-refractivity contribution in [3.8, 4) is 0 Å². The molecule has 458 valence electrons. The minimum Gasteiger partial charge on any atom is -0.756 e.